The Morgan fingerprint density at radius 1 is 1.22 bits per heavy atom. The molecule has 1 aliphatic heterocycles. The fourth-order valence-electron chi connectivity index (χ4n) is 2.60. The first-order valence-electron chi connectivity index (χ1n) is 7.96. The lowest BCUT2D eigenvalue weighted by atomic mass is 10.2. The maximum Gasteiger partial charge on any atom is 0.242 e. The van der Waals surface area contributed by atoms with Gasteiger partial charge in [0, 0.05) is 37.9 Å². The number of hydrogen-bond donors (Lipinski definition) is 2. The van der Waals surface area contributed by atoms with Crippen molar-refractivity contribution < 1.29 is 9.18 Å². The van der Waals surface area contributed by atoms with E-state index in [1.54, 1.807) is 12.1 Å². The van der Waals surface area contributed by atoms with Crippen LogP contribution < -0.4 is 16.0 Å². The van der Waals surface area contributed by atoms with Crippen molar-refractivity contribution in [2.45, 2.75) is 18.9 Å². The Bertz CT molecular complexity index is 577. The first kappa shape index (κ1) is 15.6. The molecule has 3 N–H and O–H groups in total. The summed E-state index contributed by atoms with van der Waals surface area (Å²) in [5.41, 5.74) is 6.98. The highest BCUT2D eigenvalue weighted by atomic mass is 19.1. The van der Waals surface area contributed by atoms with Crippen molar-refractivity contribution >= 4 is 17.6 Å². The molecule has 3 rings (SSSR count). The van der Waals surface area contributed by atoms with Crippen molar-refractivity contribution in [1.29, 1.82) is 0 Å². The van der Waals surface area contributed by atoms with E-state index in [9.17, 15) is 9.18 Å². The van der Waals surface area contributed by atoms with Crippen LogP contribution in [0.4, 0.5) is 10.1 Å². The van der Waals surface area contributed by atoms with Gasteiger partial charge in [0.25, 0.3) is 0 Å². The average Bonchev–Trinajstić information content (AvgIpc) is 3.37. The van der Waals surface area contributed by atoms with Gasteiger partial charge in [-0.3, -0.25) is 4.79 Å². The second-order valence-electron chi connectivity index (χ2n) is 5.97. The number of nitrogens with zero attached hydrogens (tertiary/aromatic N) is 3. The van der Waals surface area contributed by atoms with Gasteiger partial charge in [-0.05, 0) is 37.1 Å². The first-order valence-corrected chi connectivity index (χ1v) is 7.96. The topological polar surface area (TPSA) is 74.0 Å². The molecule has 1 heterocycles. The van der Waals surface area contributed by atoms with E-state index in [0.29, 0.717) is 12.0 Å². The zero-order chi connectivity index (χ0) is 16.2. The summed E-state index contributed by atoms with van der Waals surface area (Å²) in [6, 6.07) is 6.85. The molecule has 2 fully saturated rings. The highest BCUT2D eigenvalue weighted by Crippen LogP contribution is 2.18. The standard InChI is InChI=1S/C16H22FN5O/c17-12-1-5-14(6-2-12)21-7-9-22(10-8-21)16(18)19-11-15(23)20-13-3-4-13/h1-2,5-6,13H,3-4,7-11H2,(H2,18,19)(H,20,23). The van der Waals surface area contributed by atoms with Gasteiger partial charge in [0.2, 0.25) is 5.91 Å². The Hall–Kier alpha value is -2.31. The summed E-state index contributed by atoms with van der Waals surface area (Å²) in [5, 5.41) is 2.89. The number of hydrogen-bond acceptors (Lipinski definition) is 3. The number of halogens is 1. The Kier molecular flexibility index (Phi) is 4.64. The predicted molar refractivity (Wildman–Crippen MR) is 87.8 cm³/mol. The van der Waals surface area contributed by atoms with E-state index in [1.165, 1.54) is 12.1 Å². The molecule has 1 saturated carbocycles. The molecule has 0 radical (unpaired) electrons. The van der Waals surface area contributed by atoms with E-state index in [1.807, 2.05) is 4.90 Å². The van der Waals surface area contributed by atoms with Crippen LogP contribution in [0.1, 0.15) is 12.8 Å². The Labute approximate surface area is 135 Å². The highest BCUT2D eigenvalue weighted by molar-refractivity contribution is 5.84. The molecule has 1 aromatic rings. The van der Waals surface area contributed by atoms with E-state index in [-0.39, 0.29) is 18.3 Å². The number of carbonyl (C=O) groups excluding carboxylic acids is 1. The summed E-state index contributed by atoms with van der Waals surface area (Å²) in [6.45, 7) is 3.13. The van der Waals surface area contributed by atoms with Crippen LogP contribution in [0.15, 0.2) is 29.3 Å². The maximum atomic E-state index is 13.0. The number of carbonyl (C=O) groups is 1. The van der Waals surface area contributed by atoms with Crippen LogP contribution in [0.25, 0.3) is 0 Å². The SMILES string of the molecule is NC(=NCC(=O)NC1CC1)N1CCN(c2ccc(F)cc2)CC1. The number of nitrogens with two attached hydrogens (primary N) is 1. The summed E-state index contributed by atoms with van der Waals surface area (Å²) in [5.74, 6) is 0.114. The molecule has 0 spiro atoms. The maximum absolute atomic E-state index is 13.0. The zero-order valence-corrected chi connectivity index (χ0v) is 13.0. The number of anilines is 1. The van der Waals surface area contributed by atoms with Gasteiger partial charge in [-0.25, -0.2) is 9.38 Å². The molecule has 23 heavy (non-hydrogen) atoms. The number of nitrogens with one attached hydrogen (secondary N) is 1. The van der Waals surface area contributed by atoms with Crippen LogP contribution >= 0.6 is 0 Å². The van der Waals surface area contributed by atoms with Crippen molar-refractivity contribution in [3.8, 4) is 0 Å². The fourth-order valence-corrected chi connectivity index (χ4v) is 2.60. The molecule has 0 unspecified atom stereocenters. The summed E-state index contributed by atoms with van der Waals surface area (Å²) in [7, 11) is 0. The molecule has 1 aliphatic carbocycles. The fraction of sp³-hybridized carbons (Fsp3) is 0.500. The number of amides is 1. The van der Waals surface area contributed by atoms with Gasteiger partial charge >= 0.3 is 0 Å². The van der Waals surface area contributed by atoms with Gasteiger partial charge in [0.1, 0.15) is 12.4 Å². The number of piperazine rings is 1. The highest BCUT2D eigenvalue weighted by Gasteiger charge is 2.23. The summed E-state index contributed by atoms with van der Waals surface area (Å²) in [4.78, 5) is 20.0. The normalized spacial score (nSPS) is 18.9. The predicted octanol–water partition coefficient (Wildman–Crippen LogP) is 0.541. The number of benzene rings is 1. The Balaban J connectivity index is 1.47. The molecule has 1 amide bonds. The van der Waals surface area contributed by atoms with Crippen molar-refractivity contribution in [3.05, 3.63) is 30.1 Å². The lowest BCUT2D eigenvalue weighted by Gasteiger charge is -2.36. The summed E-state index contributed by atoms with van der Waals surface area (Å²) >= 11 is 0. The third-order valence-corrected chi connectivity index (χ3v) is 4.12. The van der Waals surface area contributed by atoms with E-state index in [2.05, 4.69) is 15.2 Å². The van der Waals surface area contributed by atoms with E-state index < -0.39 is 0 Å². The van der Waals surface area contributed by atoms with E-state index in [0.717, 1.165) is 44.7 Å². The Morgan fingerprint density at radius 3 is 2.48 bits per heavy atom. The van der Waals surface area contributed by atoms with Gasteiger partial charge in [-0.15, -0.1) is 0 Å². The third-order valence-electron chi connectivity index (χ3n) is 4.12. The van der Waals surface area contributed by atoms with Crippen LogP contribution in [0.2, 0.25) is 0 Å². The molecule has 1 aromatic carbocycles. The minimum absolute atomic E-state index is 0.0691. The molecule has 0 bridgehead atoms. The van der Waals surface area contributed by atoms with Crippen molar-refractivity contribution in [2.75, 3.05) is 37.6 Å². The van der Waals surface area contributed by atoms with Crippen LogP contribution in [0.5, 0.6) is 0 Å². The van der Waals surface area contributed by atoms with Crippen LogP contribution in [0, 0.1) is 5.82 Å². The Morgan fingerprint density at radius 2 is 1.87 bits per heavy atom. The minimum Gasteiger partial charge on any atom is -0.370 e. The molecule has 6 nitrogen and oxygen atoms in total. The van der Waals surface area contributed by atoms with Gasteiger partial charge in [0.15, 0.2) is 5.96 Å². The minimum atomic E-state index is -0.228. The van der Waals surface area contributed by atoms with Gasteiger partial charge in [-0.1, -0.05) is 0 Å². The van der Waals surface area contributed by atoms with Crippen molar-refractivity contribution in [2.24, 2.45) is 10.7 Å². The lowest BCUT2D eigenvalue weighted by molar-refractivity contribution is -0.119. The van der Waals surface area contributed by atoms with E-state index in [4.69, 9.17) is 5.73 Å². The van der Waals surface area contributed by atoms with Crippen LogP contribution in [0.3, 0.4) is 0 Å². The molecule has 7 heteroatoms. The molecule has 0 atom stereocenters. The quantitative estimate of drug-likeness (QED) is 0.627. The lowest BCUT2D eigenvalue weighted by Crippen LogP contribution is -2.51. The first-order chi connectivity index (χ1) is 11.1. The molecule has 2 aliphatic rings. The number of aliphatic imine (C=N–C) groups is 1. The molecular formula is C16H22FN5O. The van der Waals surface area contributed by atoms with Crippen LogP contribution in [-0.4, -0.2) is 55.5 Å². The summed E-state index contributed by atoms with van der Waals surface area (Å²) in [6.07, 6.45) is 2.13. The smallest absolute Gasteiger partial charge is 0.242 e. The van der Waals surface area contributed by atoms with E-state index >= 15 is 0 Å². The monoisotopic (exact) mass is 319 g/mol. The molecule has 124 valence electrons. The van der Waals surface area contributed by atoms with Crippen molar-refractivity contribution in [3.63, 3.8) is 0 Å². The largest absolute Gasteiger partial charge is 0.370 e. The second kappa shape index (κ2) is 6.85. The van der Waals surface area contributed by atoms with Crippen molar-refractivity contribution in [1.82, 2.24) is 10.2 Å². The van der Waals surface area contributed by atoms with Crippen LogP contribution in [-0.2, 0) is 4.79 Å². The van der Waals surface area contributed by atoms with Gasteiger partial charge in [-0.2, -0.15) is 0 Å². The number of guanidine groups is 1. The molecule has 1 saturated heterocycles. The zero-order valence-electron chi connectivity index (χ0n) is 13.0. The summed E-state index contributed by atoms with van der Waals surface area (Å²) < 4.78 is 13.0. The third kappa shape index (κ3) is 4.34. The second-order valence-corrected chi connectivity index (χ2v) is 5.97. The van der Waals surface area contributed by atoms with Gasteiger partial charge in [0.05, 0.1) is 0 Å². The molecule has 0 aromatic heterocycles. The number of rotatable bonds is 4. The average molecular weight is 319 g/mol. The molecular weight excluding hydrogens is 297 g/mol. The van der Waals surface area contributed by atoms with Gasteiger partial charge < -0.3 is 20.9 Å².